The number of benzene rings is 2. The van der Waals surface area contributed by atoms with Gasteiger partial charge in [-0.05, 0) is 48.2 Å². The maximum Gasteiger partial charge on any atom is 0.242 e. The first-order chi connectivity index (χ1) is 13.3. The second-order valence-corrected chi connectivity index (χ2v) is 8.18. The fourth-order valence-electron chi connectivity index (χ4n) is 2.70. The molecule has 2 amide bonds. The first-order valence-electron chi connectivity index (χ1n) is 9.32. The fourth-order valence-corrected chi connectivity index (χ4v) is 2.96. The molecular formula is C22H26BrFN2O2. The quantitative estimate of drug-likeness (QED) is 0.653. The van der Waals surface area contributed by atoms with Crippen molar-refractivity contribution in [2.75, 3.05) is 6.54 Å². The van der Waals surface area contributed by atoms with Gasteiger partial charge in [-0.25, -0.2) is 4.39 Å². The van der Waals surface area contributed by atoms with Crippen molar-refractivity contribution in [2.45, 2.75) is 39.8 Å². The smallest absolute Gasteiger partial charge is 0.242 e. The second-order valence-electron chi connectivity index (χ2n) is 7.27. The summed E-state index contributed by atoms with van der Waals surface area (Å²) in [5, 5.41) is 2.89. The van der Waals surface area contributed by atoms with Gasteiger partial charge in [0.1, 0.15) is 11.9 Å². The monoisotopic (exact) mass is 448 g/mol. The number of amides is 2. The van der Waals surface area contributed by atoms with Crippen LogP contribution in [0.4, 0.5) is 4.39 Å². The molecule has 0 aliphatic carbocycles. The lowest BCUT2D eigenvalue weighted by atomic mass is 10.1. The number of halogens is 2. The molecule has 2 rings (SSSR count). The SMILES string of the molecule is CC(C)CNC(=O)[C@@H](C)N(Cc1ccc(Br)cc1)C(=O)Cc1ccc(F)cc1. The molecule has 0 aliphatic heterocycles. The molecule has 28 heavy (non-hydrogen) atoms. The van der Waals surface area contributed by atoms with Crippen LogP contribution in [-0.2, 0) is 22.6 Å². The number of hydrogen-bond donors (Lipinski definition) is 1. The number of nitrogens with zero attached hydrogens (tertiary/aromatic N) is 1. The van der Waals surface area contributed by atoms with Gasteiger partial charge in [-0.2, -0.15) is 0 Å². The van der Waals surface area contributed by atoms with Gasteiger partial charge in [0.25, 0.3) is 0 Å². The molecule has 2 aromatic carbocycles. The zero-order valence-electron chi connectivity index (χ0n) is 16.4. The number of carbonyl (C=O) groups is 2. The van der Waals surface area contributed by atoms with E-state index in [0.717, 1.165) is 10.0 Å². The number of hydrogen-bond acceptors (Lipinski definition) is 2. The minimum absolute atomic E-state index is 0.110. The molecule has 0 bridgehead atoms. The molecule has 4 nitrogen and oxygen atoms in total. The fraction of sp³-hybridized carbons (Fsp3) is 0.364. The van der Waals surface area contributed by atoms with Gasteiger partial charge in [0, 0.05) is 17.6 Å². The predicted octanol–water partition coefficient (Wildman–Crippen LogP) is 4.32. The van der Waals surface area contributed by atoms with E-state index in [1.165, 1.54) is 12.1 Å². The molecular weight excluding hydrogens is 423 g/mol. The molecule has 0 saturated heterocycles. The Kier molecular flexibility index (Phi) is 8.18. The first kappa shape index (κ1) is 22.1. The lowest BCUT2D eigenvalue weighted by molar-refractivity contribution is -0.140. The molecule has 0 saturated carbocycles. The third-order valence-electron chi connectivity index (χ3n) is 4.39. The lowest BCUT2D eigenvalue weighted by Gasteiger charge is -2.29. The van der Waals surface area contributed by atoms with Crippen molar-refractivity contribution >= 4 is 27.7 Å². The van der Waals surface area contributed by atoms with Gasteiger partial charge in [-0.3, -0.25) is 9.59 Å². The van der Waals surface area contributed by atoms with Crippen molar-refractivity contribution in [3.63, 3.8) is 0 Å². The topological polar surface area (TPSA) is 49.4 Å². The average Bonchev–Trinajstić information content (AvgIpc) is 2.66. The summed E-state index contributed by atoms with van der Waals surface area (Å²) in [5.41, 5.74) is 1.64. The van der Waals surface area contributed by atoms with E-state index in [1.807, 2.05) is 38.1 Å². The Morgan fingerprint density at radius 1 is 1.00 bits per heavy atom. The highest BCUT2D eigenvalue weighted by molar-refractivity contribution is 9.10. The van der Waals surface area contributed by atoms with E-state index in [0.29, 0.717) is 24.6 Å². The zero-order valence-corrected chi connectivity index (χ0v) is 18.0. The van der Waals surface area contributed by atoms with Crippen molar-refractivity contribution < 1.29 is 14.0 Å². The highest BCUT2D eigenvalue weighted by atomic mass is 79.9. The maximum absolute atomic E-state index is 13.1. The Balaban J connectivity index is 2.18. The minimum Gasteiger partial charge on any atom is -0.354 e. The van der Waals surface area contributed by atoms with Crippen LogP contribution in [0.3, 0.4) is 0 Å². The summed E-state index contributed by atoms with van der Waals surface area (Å²) in [5.74, 6) is -0.379. The van der Waals surface area contributed by atoms with Crippen LogP contribution in [-0.4, -0.2) is 29.3 Å². The van der Waals surface area contributed by atoms with Crippen LogP contribution in [0.25, 0.3) is 0 Å². The normalized spacial score (nSPS) is 11.9. The number of rotatable bonds is 8. The van der Waals surface area contributed by atoms with Crippen LogP contribution in [0.5, 0.6) is 0 Å². The van der Waals surface area contributed by atoms with E-state index >= 15 is 0 Å². The van der Waals surface area contributed by atoms with Crippen molar-refractivity contribution in [3.05, 3.63) is 69.9 Å². The molecule has 0 aromatic heterocycles. The van der Waals surface area contributed by atoms with Crippen LogP contribution >= 0.6 is 15.9 Å². The summed E-state index contributed by atoms with van der Waals surface area (Å²) in [7, 11) is 0. The zero-order chi connectivity index (χ0) is 20.7. The largest absolute Gasteiger partial charge is 0.354 e. The van der Waals surface area contributed by atoms with Crippen LogP contribution in [0.1, 0.15) is 31.9 Å². The molecule has 2 aromatic rings. The molecule has 0 aliphatic rings. The van der Waals surface area contributed by atoms with Gasteiger partial charge < -0.3 is 10.2 Å². The van der Waals surface area contributed by atoms with Gasteiger partial charge in [-0.1, -0.05) is 54.0 Å². The molecule has 150 valence electrons. The van der Waals surface area contributed by atoms with E-state index in [4.69, 9.17) is 0 Å². The average molecular weight is 449 g/mol. The molecule has 0 unspecified atom stereocenters. The Bertz CT molecular complexity index is 791. The summed E-state index contributed by atoms with van der Waals surface area (Å²) in [4.78, 5) is 27.1. The first-order valence-corrected chi connectivity index (χ1v) is 10.1. The van der Waals surface area contributed by atoms with Crippen LogP contribution in [0.15, 0.2) is 53.0 Å². The summed E-state index contributed by atoms with van der Waals surface area (Å²) in [6.07, 6.45) is 0.110. The van der Waals surface area contributed by atoms with E-state index in [-0.39, 0.29) is 24.1 Å². The number of carbonyl (C=O) groups excluding carboxylic acids is 2. The van der Waals surface area contributed by atoms with Crippen molar-refractivity contribution in [2.24, 2.45) is 5.92 Å². The van der Waals surface area contributed by atoms with Gasteiger partial charge in [0.05, 0.1) is 6.42 Å². The predicted molar refractivity (Wildman–Crippen MR) is 112 cm³/mol. The maximum atomic E-state index is 13.1. The molecule has 0 radical (unpaired) electrons. The third-order valence-corrected chi connectivity index (χ3v) is 4.92. The highest BCUT2D eigenvalue weighted by Crippen LogP contribution is 2.16. The second kappa shape index (κ2) is 10.4. The van der Waals surface area contributed by atoms with Gasteiger partial charge in [0.2, 0.25) is 11.8 Å². The van der Waals surface area contributed by atoms with E-state index in [9.17, 15) is 14.0 Å². The molecule has 0 fully saturated rings. The van der Waals surface area contributed by atoms with Crippen LogP contribution in [0, 0.1) is 11.7 Å². The molecule has 1 atom stereocenters. The van der Waals surface area contributed by atoms with Crippen molar-refractivity contribution in [1.29, 1.82) is 0 Å². The summed E-state index contributed by atoms with van der Waals surface area (Å²) < 4.78 is 14.1. The van der Waals surface area contributed by atoms with Crippen LogP contribution in [0.2, 0.25) is 0 Å². The Morgan fingerprint density at radius 3 is 2.14 bits per heavy atom. The summed E-state index contributed by atoms with van der Waals surface area (Å²) in [6, 6.07) is 12.9. The lowest BCUT2D eigenvalue weighted by Crippen LogP contribution is -2.48. The van der Waals surface area contributed by atoms with Gasteiger partial charge >= 0.3 is 0 Å². The third kappa shape index (κ3) is 6.75. The minimum atomic E-state index is -0.615. The number of nitrogens with one attached hydrogen (secondary N) is 1. The summed E-state index contributed by atoms with van der Waals surface area (Å²) >= 11 is 3.40. The Morgan fingerprint density at radius 2 is 1.57 bits per heavy atom. The van der Waals surface area contributed by atoms with Crippen molar-refractivity contribution in [3.8, 4) is 0 Å². The molecule has 6 heteroatoms. The standard InChI is InChI=1S/C22H26BrFN2O2/c1-15(2)13-25-22(28)16(3)26(14-18-4-8-19(23)9-5-18)21(27)12-17-6-10-20(24)11-7-17/h4-11,15-16H,12-14H2,1-3H3,(H,25,28)/t16-/m1/s1. The van der Waals surface area contributed by atoms with E-state index in [2.05, 4.69) is 21.2 Å². The highest BCUT2D eigenvalue weighted by Gasteiger charge is 2.26. The van der Waals surface area contributed by atoms with Crippen molar-refractivity contribution in [1.82, 2.24) is 10.2 Å². The van der Waals surface area contributed by atoms with E-state index in [1.54, 1.807) is 24.0 Å². The van der Waals surface area contributed by atoms with Gasteiger partial charge in [-0.15, -0.1) is 0 Å². The van der Waals surface area contributed by atoms with E-state index < -0.39 is 6.04 Å². The van der Waals surface area contributed by atoms with Crippen LogP contribution < -0.4 is 5.32 Å². The molecule has 1 N–H and O–H groups in total. The molecule has 0 heterocycles. The van der Waals surface area contributed by atoms with Gasteiger partial charge in [0.15, 0.2) is 0 Å². The Hall–Kier alpha value is -2.21. The Labute approximate surface area is 174 Å². The summed E-state index contributed by atoms with van der Waals surface area (Å²) in [6.45, 7) is 6.65. The molecule has 0 spiro atoms.